The van der Waals surface area contributed by atoms with Gasteiger partial charge in [-0.15, -0.1) is 0 Å². The van der Waals surface area contributed by atoms with Gasteiger partial charge in [-0.05, 0) is 24.1 Å². The number of pyridine rings is 1. The molecule has 0 unspecified atom stereocenters. The standard InChI is InChI=1S/C9H11N2O/c1-11(8-12)7-4-9-2-5-10-6-3-9/h2-3,5-6H,4,7H2,1H3. The van der Waals surface area contributed by atoms with Crippen molar-refractivity contribution in [2.45, 2.75) is 6.42 Å². The lowest BCUT2D eigenvalue weighted by molar-refractivity contribution is 0.437. The minimum Gasteiger partial charge on any atom is -0.337 e. The van der Waals surface area contributed by atoms with Gasteiger partial charge in [-0.3, -0.25) is 9.78 Å². The Kier molecular flexibility index (Phi) is 3.26. The van der Waals surface area contributed by atoms with E-state index in [0.29, 0.717) is 6.54 Å². The van der Waals surface area contributed by atoms with Crippen LogP contribution in [-0.4, -0.2) is 29.9 Å². The summed E-state index contributed by atoms with van der Waals surface area (Å²) in [5, 5.41) is 0. The van der Waals surface area contributed by atoms with Crippen molar-refractivity contribution >= 4 is 6.41 Å². The molecular weight excluding hydrogens is 152 g/mol. The van der Waals surface area contributed by atoms with E-state index in [1.165, 1.54) is 10.5 Å². The van der Waals surface area contributed by atoms with Crippen LogP contribution in [0.1, 0.15) is 5.56 Å². The van der Waals surface area contributed by atoms with Crippen molar-refractivity contribution in [1.29, 1.82) is 0 Å². The van der Waals surface area contributed by atoms with Gasteiger partial charge in [-0.25, -0.2) is 0 Å². The molecule has 0 saturated heterocycles. The van der Waals surface area contributed by atoms with Crippen LogP contribution in [0.5, 0.6) is 0 Å². The summed E-state index contributed by atoms with van der Waals surface area (Å²) in [4.78, 5) is 15.5. The Labute approximate surface area is 72.0 Å². The van der Waals surface area contributed by atoms with Crippen LogP contribution in [0, 0.1) is 0 Å². The predicted octanol–water partition coefficient (Wildman–Crippen LogP) is 0.623. The van der Waals surface area contributed by atoms with Crippen LogP contribution in [0.4, 0.5) is 0 Å². The Balaban J connectivity index is 2.38. The second kappa shape index (κ2) is 4.49. The molecule has 3 nitrogen and oxygen atoms in total. The maximum Gasteiger partial charge on any atom is 0.311 e. The van der Waals surface area contributed by atoms with Crippen LogP contribution in [0.2, 0.25) is 0 Å². The molecule has 3 heteroatoms. The lowest BCUT2D eigenvalue weighted by atomic mass is 10.2. The molecule has 0 saturated carbocycles. The molecule has 1 aromatic rings. The van der Waals surface area contributed by atoms with E-state index in [2.05, 4.69) is 4.98 Å². The Morgan fingerprint density at radius 1 is 1.50 bits per heavy atom. The third kappa shape index (κ3) is 2.70. The van der Waals surface area contributed by atoms with Gasteiger partial charge in [0, 0.05) is 26.0 Å². The molecule has 0 aliphatic heterocycles. The summed E-state index contributed by atoms with van der Waals surface area (Å²) in [5.74, 6) is 0. The summed E-state index contributed by atoms with van der Waals surface area (Å²) in [7, 11) is 1.72. The Hall–Kier alpha value is -1.38. The normalized spacial score (nSPS) is 9.42. The summed E-state index contributed by atoms with van der Waals surface area (Å²) >= 11 is 0. The van der Waals surface area contributed by atoms with Gasteiger partial charge < -0.3 is 4.90 Å². The fraction of sp³-hybridized carbons (Fsp3) is 0.333. The van der Waals surface area contributed by atoms with E-state index in [4.69, 9.17) is 0 Å². The summed E-state index contributed by atoms with van der Waals surface area (Å²) in [6.07, 6.45) is 6.16. The van der Waals surface area contributed by atoms with Crippen LogP contribution in [0.15, 0.2) is 24.5 Å². The molecule has 1 rings (SSSR count). The zero-order chi connectivity index (χ0) is 8.81. The number of carbonyl (C=O) groups excluding carboxylic acids is 1. The molecule has 0 aromatic carbocycles. The van der Waals surface area contributed by atoms with E-state index in [1.807, 2.05) is 12.1 Å². The molecule has 1 radical (unpaired) electrons. The minimum atomic E-state index is 0.702. The van der Waals surface area contributed by atoms with Gasteiger partial charge in [0.15, 0.2) is 0 Å². The number of nitrogens with zero attached hydrogens (tertiary/aromatic N) is 2. The number of amides is 1. The molecule has 0 atom stereocenters. The molecule has 0 bridgehead atoms. The summed E-state index contributed by atoms with van der Waals surface area (Å²) in [6, 6.07) is 3.89. The second-order valence-electron chi connectivity index (χ2n) is 2.62. The van der Waals surface area contributed by atoms with Gasteiger partial charge in [-0.1, -0.05) is 0 Å². The number of likely N-dealkylation sites (N-methyl/N-ethyl adjacent to an activating group) is 1. The van der Waals surface area contributed by atoms with Gasteiger partial charge in [0.1, 0.15) is 0 Å². The number of hydrogen-bond acceptors (Lipinski definition) is 2. The fourth-order valence-corrected chi connectivity index (χ4v) is 0.892. The monoisotopic (exact) mass is 163 g/mol. The molecular formula is C9H11N2O. The van der Waals surface area contributed by atoms with Crippen molar-refractivity contribution in [3.8, 4) is 0 Å². The molecule has 1 heterocycles. The maximum atomic E-state index is 10.1. The van der Waals surface area contributed by atoms with Crippen LogP contribution in [0.3, 0.4) is 0 Å². The molecule has 0 fully saturated rings. The lowest BCUT2D eigenvalue weighted by Crippen LogP contribution is -2.18. The molecule has 0 aliphatic rings. The third-order valence-corrected chi connectivity index (χ3v) is 1.64. The summed E-state index contributed by atoms with van der Waals surface area (Å²) in [6.45, 7) is 0.702. The second-order valence-corrected chi connectivity index (χ2v) is 2.62. The fourth-order valence-electron chi connectivity index (χ4n) is 0.892. The van der Waals surface area contributed by atoms with Crippen LogP contribution < -0.4 is 0 Å². The Morgan fingerprint density at radius 2 is 2.17 bits per heavy atom. The Bertz CT molecular complexity index is 236. The molecule has 0 N–H and O–H groups in total. The topological polar surface area (TPSA) is 33.2 Å². The first kappa shape index (κ1) is 8.71. The summed E-state index contributed by atoms with van der Waals surface area (Å²) < 4.78 is 0. The van der Waals surface area contributed by atoms with Crippen molar-refractivity contribution in [2.24, 2.45) is 0 Å². The third-order valence-electron chi connectivity index (χ3n) is 1.64. The highest BCUT2D eigenvalue weighted by molar-refractivity contribution is 5.47. The van der Waals surface area contributed by atoms with Gasteiger partial charge in [0.25, 0.3) is 0 Å². The van der Waals surface area contributed by atoms with E-state index in [1.54, 1.807) is 25.9 Å². The van der Waals surface area contributed by atoms with Crippen molar-refractivity contribution in [3.63, 3.8) is 0 Å². The quantitative estimate of drug-likeness (QED) is 0.610. The van der Waals surface area contributed by atoms with E-state index in [-0.39, 0.29) is 0 Å². The first-order chi connectivity index (χ1) is 5.83. The lowest BCUT2D eigenvalue weighted by Gasteiger charge is -2.07. The SMILES string of the molecule is CN([C]=O)CCc1ccncc1. The molecule has 12 heavy (non-hydrogen) atoms. The first-order valence-electron chi connectivity index (χ1n) is 3.81. The average molecular weight is 163 g/mol. The highest BCUT2D eigenvalue weighted by Crippen LogP contribution is 1.97. The van der Waals surface area contributed by atoms with E-state index in [9.17, 15) is 4.79 Å². The number of aromatic nitrogens is 1. The highest BCUT2D eigenvalue weighted by Gasteiger charge is 1.95. The zero-order valence-corrected chi connectivity index (χ0v) is 7.03. The molecule has 63 valence electrons. The van der Waals surface area contributed by atoms with Gasteiger partial charge in [-0.2, -0.15) is 0 Å². The van der Waals surface area contributed by atoms with Crippen LogP contribution in [0.25, 0.3) is 0 Å². The van der Waals surface area contributed by atoms with Crippen LogP contribution in [-0.2, 0) is 11.2 Å². The van der Waals surface area contributed by atoms with E-state index < -0.39 is 0 Å². The molecule has 0 aliphatic carbocycles. The largest absolute Gasteiger partial charge is 0.337 e. The Morgan fingerprint density at radius 3 is 2.75 bits per heavy atom. The molecule has 0 spiro atoms. The van der Waals surface area contributed by atoms with Gasteiger partial charge in [0.2, 0.25) is 0 Å². The predicted molar refractivity (Wildman–Crippen MR) is 46.3 cm³/mol. The zero-order valence-electron chi connectivity index (χ0n) is 7.03. The maximum absolute atomic E-state index is 10.1. The van der Waals surface area contributed by atoms with Crippen molar-refractivity contribution in [2.75, 3.05) is 13.6 Å². The highest BCUT2D eigenvalue weighted by atomic mass is 16.1. The first-order valence-corrected chi connectivity index (χ1v) is 3.81. The minimum absolute atomic E-state index is 0.702. The van der Waals surface area contributed by atoms with E-state index in [0.717, 1.165) is 6.42 Å². The molecule has 1 aromatic heterocycles. The molecule has 1 amide bonds. The van der Waals surface area contributed by atoms with Crippen molar-refractivity contribution in [3.05, 3.63) is 30.1 Å². The van der Waals surface area contributed by atoms with Crippen molar-refractivity contribution < 1.29 is 4.79 Å². The number of hydrogen-bond donors (Lipinski definition) is 0. The summed E-state index contributed by atoms with van der Waals surface area (Å²) in [5.41, 5.74) is 1.19. The van der Waals surface area contributed by atoms with Crippen LogP contribution >= 0.6 is 0 Å². The number of rotatable bonds is 4. The smallest absolute Gasteiger partial charge is 0.311 e. The van der Waals surface area contributed by atoms with E-state index >= 15 is 0 Å². The van der Waals surface area contributed by atoms with Gasteiger partial charge in [0.05, 0.1) is 0 Å². The van der Waals surface area contributed by atoms with Gasteiger partial charge >= 0.3 is 6.41 Å². The van der Waals surface area contributed by atoms with Crippen molar-refractivity contribution in [1.82, 2.24) is 9.88 Å². The average Bonchev–Trinajstić information content (AvgIpc) is 2.16.